The van der Waals surface area contributed by atoms with Crippen LogP contribution in [0.15, 0.2) is 78.0 Å². The summed E-state index contributed by atoms with van der Waals surface area (Å²) in [5, 5.41) is 5.40. The van der Waals surface area contributed by atoms with Crippen LogP contribution in [0.25, 0.3) is 0 Å². The van der Waals surface area contributed by atoms with Gasteiger partial charge in [-0.05, 0) is 59.0 Å². The topological polar surface area (TPSA) is 100 Å². The van der Waals surface area contributed by atoms with Crippen molar-refractivity contribution < 1.29 is 13.2 Å². The van der Waals surface area contributed by atoms with Crippen molar-refractivity contribution in [1.82, 2.24) is 10.3 Å². The van der Waals surface area contributed by atoms with Crippen LogP contribution in [0.3, 0.4) is 0 Å². The maximum atomic E-state index is 12.7. The Bertz CT molecular complexity index is 1140. The number of hydrogen-bond donors (Lipinski definition) is 3. The van der Waals surface area contributed by atoms with Gasteiger partial charge in [0.2, 0.25) is 0 Å². The summed E-state index contributed by atoms with van der Waals surface area (Å²) >= 11 is 0. The summed E-state index contributed by atoms with van der Waals surface area (Å²) in [7, 11) is -3.75. The lowest BCUT2D eigenvalue weighted by molar-refractivity contribution is 0.251. The Balaban J connectivity index is 1.63. The molecule has 2 amide bonds. The number of carbonyl (C=O) groups is 1. The molecule has 3 aromatic rings. The standard InChI is InChI=1S/C23H26N4O3S/c1-23(2,3)18-7-4-8-20(14-18)27-31(29,30)21-11-9-19(10-12-21)26-22(28)25-16-17-6-5-13-24-15-17/h4-15,27H,16H2,1-3H3,(H2,25,26,28). The minimum absolute atomic E-state index is 0.0909. The first-order valence-corrected chi connectivity index (χ1v) is 11.3. The number of hydrogen-bond acceptors (Lipinski definition) is 4. The van der Waals surface area contributed by atoms with Gasteiger partial charge in [0.15, 0.2) is 0 Å². The van der Waals surface area contributed by atoms with Gasteiger partial charge in [0, 0.05) is 30.3 Å². The second-order valence-corrected chi connectivity index (χ2v) is 9.81. The van der Waals surface area contributed by atoms with Crippen molar-refractivity contribution in [3.63, 3.8) is 0 Å². The highest BCUT2D eigenvalue weighted by molar-refractivity contribution is 7.92. The molecule has 8 heteroatoms. The van der Waals surface area contributed by atoms with E-state index in [4.69, 9.17) is 0 Å². The van der Waals surface area contributed by atoms with Crippen LogP contribution in [0.5, 0.6) is 0 Å². The van der Waals surface area contributed by atoms with Crippen molar-refractivity contribution in [2.75, 3.05) is 10.0 Å². The molecule has 0 aliphatic carbocycles. The molecule has 2 aromatic carbocycles. The van der Waals surface area contributed by atoms with E-state index in [0.717, 1.165) is 11.1 Å². The lowest BCUT2D eigenvalue weighted by Crippen LogP contribution is -2.28. The van der Waals surface area contributed by atoms with Crippen molar-refractivity contribution in [3.05, 3.63) is 84.2 Å². The lowest BCUT2D eigenvalue weighted by Gasteiger charge is -2.20. The molecule has 1 aromatic heterocycles. The van der Waals surface area contributed by atoms with E-state index in [1.54, 1.807) is 36.7 Å². The van der Waals surface area contributed by atoms with Crippen LogP contribution >= 0.6 is 0 Å². The third-order valence-electron chi connectivity index (χ3n) is 4.58. The van der Waals surface area contributed by atoms with Gasteiger partial charge in [-0.3, -0.25) is 9.71 Å². The Labute approximate surface area is 183 Å². The first-order valence-electron chi connectivity index (χ1n) is 9.81. The van der Waals surface area contributed by atoms with Crippen molar-refractivity contribution in [1.29, 1.82) is 0 Å². The minimum Gasteiger partial charge on any atom is -0.334 e. The summed E-state index contributed by atoms with van der Waals surface area (Å²) in [6.07, 6.45) is 3.33. The van der Waals surface area contributed by atoms with Gasteiger partial charge in [-0.1, -0.05) is 39.0 Å². The molecule has 162 valence electrons. The molecule has 0 radical (unpaired) electrons. The molecule has 0 saturated carbocycles. The molecule has 3 N–H and O–H groups in total. The molecule has 31 heavy (non-hydrogen) atoms. The van der Waals surface area contributed by atoms with E-state index >= 15 is 0 Å². The fourth-order valence-corrected chi connectivity index (χ4v) is 3.89. The number of nitrogens with one attached hydrogen (secondary N) is 3. The van der Waals surface area contributed by atoms with E-state index < -0.39 is 16.1 Å². The molecule has 0 aliphatic heterocycles. The third-order valence-corrected chi connectivity index (χ3v) is 5.98. The number of nitrogens with zero attached hydrogens (tertiary/aromatic N) is 1. The van der Waals surface area contributed by atoms with E-state index in [1.807, 2.05) is 24.3 Å². The van der Waals surface area contributed by atoms with E-state index in [2.05, 4.69) is 41.1 Å². The van der Waals surface area contributed by atoms with E-state index in [0.29, 0.717) is 17.9 Å². The number of carbonyl (C=O) groups excluding carboxylic acids is 1. The number of aromatic nitrogens is 1. The molecular weight excluding hydrogens is 412 g/mol. The van der Waals surface area contributed by atoms with Crippen molar-refractivity contribution in [2.45, 2.75) is 37.6 Å². The predicted molar refractivity (Wildman–Crippen MR) is 122 cm³/mol. The van der Waals surface area contributed by atoms with Gasteiger partial charge in [0.05, 0.1) is 4.90 Å². The zero-order valence-corrected chi connectivity index (χ0v) is 18.5. The number of rotatable bonds is 6. The summed E-state index contributed by atoms with van der Waals surface area (Å²) in [6, 6.07) is 16.6. The van der Waals surface area contributed by atoms with Gasteiger partial charge in [0.1, 0.15) is 0 Å². The fraction of sp³-hybridized carbons (Fsp3) is 0.217. The highest BCUT2D eigenvalue weighted by atomic mass is 32.2. The zero-order valence-electron chi connectivity index (χ0n) is 17.7. The first-order chi connectivity index (χ1) is 14.6. The monoisotopic (exact) mass is 438 g/mol. The zero-order chi connectivity index (χ0) is 22.5. The largest absolute Gasteiger partial charge is 0.334 e. The Morgan fingerprint density at radius 2 is 1.71 bits per heavy atom. The van der Waals surface area contributed by atoms with Crippen LogP contribution in [0, 0.1) is 0 Å². The SMILES string of the molecule is CC(C)(C)c1cccc(NS(=O)(=O)c2ccc(NC(=O)NCc3cccnc3)cc2)c1. The number of benzene rings is 2. The second kappa shape index (κ2) is 9.18. The Morgan fingerprint density at radius 1 is 0.968 bits per heavy atom. The quantitative estimate of drug-likeness (QED) is 0.527. The Morgan fingerprint density at radius 3 is 2.35 bits per heavy atom. The molecule has 0 saturated heterocycles. The van der Waals surface area contributed by atoms with Gasteiger partial charge < -0.3 is 10.6 Å². The number of urea groups is 1. The van der Waals surface area contributed by atoms with Crippen LogP contribution in [0.1, 0.15) is 31.9 Å². The third kappa shape index (κ3) is 6.29. The van der Waals surface area contributed by atoms with Gasteiger partial charge in [0.25, 0.3) is 10.0 Å². The number of pyridine rings is 1. The van der Waals surface area contributed by atoms with Crippen molar-refractivity contribution in [3.8, 4) is 0 Å². The first kappa shape index (κ1) is 22.3. The number of sulfonamides is 1. The lowest BCUT2D eigenvalue weighted by atomic mass is 9.87. The molecule has 3 rings (SSSR count). The Hall–Kier alpha value is -3.39. The molecule has 7 nitrogen and oxygen atoms in total. The van der Waals surface area contributed by atoms with Crippen LogP contribution in [0.4, 0.5) is 16.2 Å². The maximum Gasteiger partial charge on any atom is 0.319 e. The minimum atomic E-state index is -3.75. The van der Waals surface area contributed by atoms with E-state index in [1.165, 1.54) is 12.1 Å². The van der Waals surface area contributed by atoms with Crippen molar-refractivity contribution >= 4 is 27.4 Å². The predicted octanol–water partition coefficient (Wildman–Crippen LogP) is 4.50. The van der Waals surface area contributed by atoms with Crippen molar-refractivity contribution in [2.24, 2.45) is 0 Å². The number of anilines is 2. The van der Waals surface area contributed by atoms with E-state index in [9.17, 15) is 13.2 Å². The van der Waals surface area contributed by atoms with Crippen LogP contribution in [-0.4, -0.2) is 19.4 Å². The molecule has 0 atom stereocenters. The van der Waals surface area contributed by atoms with E-state index in [-0.39, 0.29) is 10.3 Å². The summed E-state index contributed by atoms with van der Waals surface area (Å²) < 4.78 is 28.1. The molecular formula is C23H26N4O3S. The smallest absolute Gasteiger partial charge is 0.319 e. The summed E-state index contributed by atoms with van der Waals surface area (Å²) in [4.78, 5) is 16.1. The number of amides is 2. The molecule has 0 unspecified atom stereocenters. The summed E-state index contributed by atoms with van der Waals surface area (Å²) in [5.41, 5.74) is 2.80. The molecule has 0 fully saturated rings. The average Bonchev–Trinajstić information content (AvgIpc) is 2.73. The van der Waals surface area contributed by atoms with Crippen LogP contribution < -0.4 is 15.4 Å². The molecule has 0 aliphatic rings. The van der Waals surface area contributed by atoms with Crippen LogP contribution in [0.2, 0.25) is 0 Å². The van der Waals surface area contributed by atoms with Gasteiger partial charge >= 0.3 is 6.03 Å². The van der Waals surface area contributed by atoms with Gasteiger partial charge in [-0.2, -0.15) is 0 Å². The fourth-order valence-electron chi connectivity index (χ4n) is 2.84. The highest BCUT2D eigenvalue weighted by Gasteiger charge is 2.17. The van der Waals surface area contributed by atoms with Gasteiger partial charge in [-0.15, -0.1) is 0 Å². The normalized spacial score (nSPS) is 11.6. The van der Waals surface area contributed by atoms with Crippen LogP contribution in [-0.2, 0) is 22.0 Å². The molecule has 1 heterocycles. The van der Waals surface area contributed by atoms with Gasteiger partial charge in [-0.25, -0.2) is 13.2 Å². The molecule has 0 spiro atoms. The highest BCUT2D eigenvalue weighted by Crippen LogP contribution is 2.26. The summed E-state index contributed by atoms with van der Waals surface area (Å²) in [6.45, 7) is 6.54. The Kier molecular flexibility index (Phi) is 6.60. The maximum absolute atomic E-state index is 12.7. The summed E-state index contributed by atoms with van der Waals surface area (Å²) in [5.74, 6) is 0. The second-order valence-electron chi connectivity index (χ2n) is 8.13. The average molecular weight is 439 g/mol. The molecule has 0 bridgehead atoms.